The van der Waals surface area contributed by atoms with E-state index in [0.717, 1.165) is 16.8 Å². The Morgan fingerprint density at radius 1 is 1.37 bits per heavy atom. The average Bonchev–Trinajstić information content (AvgIpc) is 2.79. The summed E-state index contributed by atoms with van der Waals surface area (Å²) in [7, 11) is 1.94. The highest BCUT2D eigenvalue weighted by atomic mass is 79.9. The number of rotatable bonds is 4. The normalized spacial score (nSPS) is 32.7. The maximum Gasteiger partial charge on any atom is 0.153 e. The fourth-order valence-electron chi connectivity index (χ4n) is 3.17. The molecule has 5 unspecified atom stereocenters. The Kier molecular flexibility index (Phi) is 4.63. The van der Waals surface area contributed by atoms with Gasteiger partial charge < -0.3 is 10.1 Å². The van der Waals surface area contributed by atoms with Gasteiger partial charge in [0.25, 0.3) is 0 Å². The van der Waals surface area contributed by atoms with Gasteiger partial charge in [0.15, 0.2) is 4.60 Å². The first-order chi connectivity index (χ1) is 8.97. The first kappa shape index (κ1) is 14.9. The van der Waals surface area contributed by atoms with Gasteiger partial charge in [-0.15, -0.1) is 5.10 Å². The molecule has 1 fully saturated rings. The molecule has 5 nitrogen and oxygen atoms in total. The smallest absolute Gasteiger partial charge is 0.153 e. The van der Waals surface area contributed by atoms with Crippen molar-refractivity contribution >= 4 is 15.9 Å². The van der Waals surface area contributed by atoms with Crippen LogP contribution in [0, 0.1) is 11.8 Å². The molecule has 0 aliphatic carbocycles. The van der Waals surface area contributed by atoms with Crippen molar-refractivity contribution in [3.63, 3.8) is 0 Å². The molecule has 19 heavy (non-hydrogen) atoms. The molecule has 1 aliphatic rings. The van der Waals surface area contributed by atoms with Crippen LogP contribution in [-0.2, 0) is 11.8 Å². The van der Waals surface area contributed by atoms with Gasteiger partial charge in [-0.2, -0.15) is 0 Å². The zero-order valence-corrected chi connectivity index (χ0v) is 13.8. The zero-order valence-electron chi connectivity index (χ0n) is 12.2. The van der Waals surface area contributed by atoms with Crippen molar-refractivity contribution in [2.24, 2.45) is 18.9 Å². The predicted octanol–water partition coefficient (Wildman–Crippen LogP) is 2.29. The predicted molar refractivity (Wildman–Crippen MR) is 77.8 cm³/mol. The van der Waals surface area contributed by atoms with Crippen LogP contribution in [0.15, 0.2) is 4.60 Å². The molecule has 6 heteroatoms. The molecule has 1 saturated heterocycles. The molecule has 1 N–H and O–H groups in total. The van der Waals surface area contributed by atoms with E-state index < -0.39 is 0 Å². The van der Waals surface area contributed by atoms with Gasteiger partial charge in [0.1, 0.15) is 0 Å². The summed E-state index contributed by atoms with van der Waals surface area (Å²) < 4.78 is 8.65. The van der Waals surface area contributed by atoms with E-state index in [1.165, 1.54) is 0 Å². The number of halogens is 1. The lowest BCUT2D eigenvalue weighted by Crippen LogP contribution is -2.36. The topological polar surface area (TPSA) is 52.0 Å². The molecule has 0 radical (unpaired) electrons. The van der Waals surface area contributed by atoms with Gasteiger partial charge >= 0.3 is 0 Å². The lowest BCUT2D eigenvalue weighted by atomic mass is 9.82. The Balaban J connectivity index is 2.35. The number of ether oxygens (including phenoxy) is 1. The minimum absolute atomic E-state index is 0.203. The number of nitrogens with one attached hydrogen (secondary N) is 1. The zero-order chi connectivity index (χ0) is 14.2. The lowest BCUT2D eigenvalue weighted by molar-refractivity contribution is 0.0472. The molecule has 1 aromatic heterocycles. The summed E-state index contributed by atoms with van der Waals surface area (Å²) in [5.41, 5.74) is 1.10. The third kappa shape index (κ3) is 2.71. The Labute approximate surface area is 123 Å². The third-order valence-electron chi connectivity index (χ3n) is 4.25. The second-order valence-electron chi connectivity index (χ2n) is 5.41. The highest BCUT2D eigenvalue weighted by Crippen LogP contribution is 2.41. The minimum Gasteiger partial charge on any atom is -0.375 e. The van der Waals surface area contributed by atoms with Gasteiger partial charge in [-0.25, -0.2) is 4.68 Å². The fourth-order valence-corrected chi connectivity index (χ4v) is 3.75. The second kappa shape index (κ2) is 5.89. The van der Waals surface area contributed by atoms with E-state index in [-0.39, 0.29) is 12.1 Å². The summed E-state index contributed by atoms with van der Waals surface area (Å²) in [4.78, 5) is 0. The molecular formula is C13H23BrN4O. The Hall–Kier alpha value is -0.460. The molecule has 0 aromatic carbocycles. The molecule has 1 aliphatic heterocycles. The standard InChI is InChI=1S/C13H23BrN4O/c1-6-15-11(12-13(14)16-17-18(12)5)10-7(2)8(3)19-9(10)4/h7-11,15H,6H2,1-5H3. The first-order valence-corrected chi connectivity index (χ1v) is 7.70. The van der Waals surface area contributed by atoms with Crippen LogP contribution in [0.1, 0.15) is 39.4 Å². The number of hydrogen-bond donors (Lipinski definition) is 1. The Morgan fingerprint density at radius 2 is 2.05 bits per heavy atom. The van der Waals surface area contributed by atoms with E-state index in [0.29, 0.717) is 17.9 Å². The van der Waals surface area contributed by atoms with E-state index in [2.05, 4.69) is 59.3 Å². The van der Waals surface area contributed by atoms with Crippen molar-refractivity contribution in [2.45, 2.75) is 45.9 Å². The monoisotopic (exact) mass is 330 g/mol. The largest absolute Gasteiger partial charge is 0.375 e. The van der Waals surface area contributed by atoms with Gasteiger partial charge in [-0.3, -0.25) is 0 Å². The summed E-state index contributed by atoms with van der Waals surface area (Å²) in [6, 6.07) is 0.203. The average molecular weight is 331 g/mol. The number of nitrogens with zero attached hydrogens (tertiary/aromatic N) is 3. The molecule has 5 atom stereocenters. The van der Waals surface area contributed by atoms with Crippen LogP contribution in [0.5, 0.6) is 0 Å². The maximum atomic E-state index is 5.99. The van der Waals surface area contributed by atoms with E-state index in [1.54, 1.807) is 0 Å². The van der Waals surface area contributed by atoms with Crippen LogP contribution in [0.4, 0.5) is 0 Å². The summed E-state index contributed by atoms with van der Waals surface area (Å²) >= 11 is 3.51. The quantitative estimate of drug-likeness (QED) is 0.920. The van der Waals surface area contributed by atoms with Crippen molar-refractivity contribution in [3.8, 4) is 0 Å². The van der Waals surface area contributed by atoms with Gasteiger partial charge in [0, 0.05) is 13.0 Å². The van der Waals surface area contributed by atoms with E-state index in [9.17, 15) is 0 Å². The SMILES string of the molecule is CCNC(c1c(Br)nnn1C)C1C(C)OC(C)C1C. The van der Waals surface area contributed by atoms with Crippen molar-refractivity contribution < 1.29 is 4.74 Å². The maximum absolute atomic E-state index is 5.99. The van der Waals surface area contributed by atoms with Crippen LogP contribution >= 0.6 is 15.9 Å². The molecule has 0 spiro atoms. The lowest BCUT2D eigenvalue weighted by Gasteiger charge is -2.29. The van der Waals surface area contributed by atoms with Crippen molar-refractivity contribution in [2.75, 3.05) is 6.54 Å². The van der Waals surface area contributed by atoms with Crippen molar-refractivity contribution in [3.05, 3.63) is 10.3 Å². The number of aryl methyl sites for hydroxylation is 1. The molecule has 0 bridgehead atoms. The summed E-state index contributed by atoms with van der Waals surface area (Å²) in [5, 5.41) is 11.8. The summed E-state index contributed by atoms with van der Waals surface area (Å²) in [6.45, 7) is 9.61. The summed E-state index contributed by atoms with van der Waals surface area (Å²) in [6.07, 6.45) is 0.525. The van der Waals surface area contributed by atoms with Crippen LogP contribution < -0.4 is 5.32 Å². The molecule has 108 valence electrons. The van der Waals surface area contributed by atoms with Gasteiger partial charge in [0.05, 0.1) is 23.9 Å². The Morgan fingerprint density at radius 3 is 2.47 bits per heavy atom. The minimum atomic E-state index is 0.203. The summed E-state index contributed by atoms with van der Waals surface area (Å²) in [5.74, 6) is 0.921. The van der Waals surface area contributed by atoms with E-state index in [1.807, 2.05) is 11.7 Å². The molecule has 0 amide bonds. The van der Waals surface area contributed by atoms with E-state index >= 15 is 0 Å². The molecule has 2 heterocycles. The van der Waals surface area contributed by atoms with Crippen LogP contribution in [0.3, 0.4) is 0 Å². The second-order valence-corrected chi connectivity index (χ2v) is 6.16. The third-order valence-corrected chi connectivity index (χ3v) is 4.81. The Bertz CT molecular complexity index is 417. The molecule has 2 rings (SSSR count). The van der Waals surface area contributed by atoms with Gasteiger partial charge in [-0.1, -0.05) is 19.1 Å². The van der Waals surface area contributed by atoms with Crippen molar-refractivity contribution in [1.29, 1.82) is 0 Å². The molecular weight excluding hydrogens is 308 g/mol. The number of aromatic nitrogens is 3. The fraction of sp³-hybridized carbons (Fsp3) is 0.846. The first-order valence-electron chi connectivity index (χ1n) is 6.91. The van der Waals surface area contributed by atoms with Gasteiger partial charge in [-0.05, 0) is 42.2 Å². The highest BCUT2D eigenvalue weighted by Gasteiger charge is 2.43. The van der Waals surface area contributed by atoms with Crippen LogP contribution in [0.25, 0.3) is 0 Å². The van der Waals surface area contributed by atoms with Gasteiger partial charge in [0.2, 0.25) is 0 Å². The highest BCUT2D eigenvalue weighted by molar-refractivity contribution is 9.10. The van der Waals surface area contributed by atoms with Crippen LogP contribution in [-0.4, -0.2) is 33.7 Å². The van der Waals surface area contributed by atoms with Crippen LogP contribution in [0.2, 0.25) is 0 Å². The molecule has 1 aromatic rings. The van der Waals surface area contributed by atoms with Crippen molar-refractivity contribution in [1.82, 2.24) is 20.3 Å². The van der Waals surface area contributed by atoms with E-state index in [4.69, 9.17) is 4.74 Å². The molecule has 0 saturated carbocycles. The number of hydrogen-bond acceptors (Lipinski definition) is 4.